The van der Waals surface area contributed by atoms with Crippen LogP contribution in [0.4, 0.5) is 0 Å². The zero-order valence-electron chi connectivity index (χ0n) is 14.7. The van der Waals surface area contributed by atoms with Gasteiger partial charge in [0.15, 0.2) is 0 Å². The molecular weight excluding hydrogens is 358 g/mol. The molecule has 138 valence electrons. The van der Waals surface area contributed by atoms with Gasteiger partial charge in [0.05, 0.1) is 30.7 Å². The summed E-state index contributed by atoms with van der Waals surface area (Å²) >= 11 is 1.16. The number of rotatable bonds is 7. The van der Waals surface area contributed by atoms with E-state index < -0.39 is 0 Å². The molecule has 9 nitrogen and oxygen atoms in total. The lowest BCUT2D eigenvalue weighted by Crippen LogP contribution is -2.25. The Morgan fingerprint density at radius 2 is 2.27 bits per heavy atom. The maximum Gasteiger partial charge on any atom is 0.277 e. The molecule has 0 aliphatic carbocycles. The van der Waals surface area contributed by atoms with E-state index in [1.54, 1.807) is 17.9 Å². The zero-order chi connectivity index (χ0) is 18.7. The number of carbonyl (C=O) groups is 2. The van der Waals surface area contributed by atoms with Crippen LogP contribution in [-0.4, -0.2) is 51.3 Å². The number of ether oxygens (including phenoxy) is 1. The van der Waals surface area contributed by atoms with Crippen molar-refractivity contribution in [3.05, 3.63) is 28.8 Å². The molecule has 0 saturated carbocycles. The number of nitrogens with one attached hydrogen (secondary N) is 1. The lowest BCUT2D eigenvalue weighted by Gasteiger charge is -2.10. The Balaban J connectivity index is 1.63. The molecule has 0 unspecified atom stereocenters. The summed E-state index contributed by atoms with van der Waals surface area (Å²) in [6.07, 6.45) is 0. The SMILES string of the molecule is CCN1Cc2nc(OC)c(CNC(=O)CSc3nnc(C)o3)cc2C1=O. The summed E-state index contributed by atoms with van der Waals surface area (Å²) < 4.78 is 10.5. The molecule has 0 bridgehead atoms. The molecule has 26 heavy (non-hydrogen) atoms. The third-order valence-corrected chi connectivity index (χ3v) is 4.70. The summed E-state index contributed by atoms with van der Waals surface area (Å²) in [6, 6.07) is 1.74. The van der Waals surface area contributed by atoms with Gasteiger partial charge in [0, 0.05) is 25.6 Å². The standard InChI is InChI=1S/C16H19N5O4S/c1-4-21-7-12-11(15(21)23)5-10(14(18-12)24-3)6-17-13(22)8-26-16-20-19-9(2)25-16/h5H,4,6-8H2,1-3H3,(H,17,22). The largest absolute Gasteiger partial charge is 0.481 e. The highest BCUT2D eigenvalue weighted by molar-refractivity contribution is 7.99. The number of fused-ring (bicyclic) bond motifs is 1. The van der Waals surface area contributed by atoms with Crippen molar-refractivity contribution >= 4 is 23.6 Å². The van der Waals surface area contributed by atoms with Crippen molar-refractivity contribution in [3.8, 4) is 5.88 Å². The van der Waals surface area contributed by atoms with Crippen LogP contribution in [-0.2, 0) is 17.9 Å². The number of methoxy groups -OCH3 is 1. The summed E-state index contributed by atoms with van der Waals surface area (Å²) in [5, 5.41) is 10.7. The van der Waals surface area contributed by atoms with E-state index in [0.29, 0.717) is 46.9 Å². The first-order chi connectivity index (χ1) is 12.5. The maximum absolute atomic E-state index is 12.3. The molecule has 2 aromatic rings. The first-order valence-electron chi connectivity index (χ1n) is 8.07. The number of aromatic nitrogens is 3. The van der Waals surface area contributed by atoms with E-state index in [-0.39, 0.29) is 24.1 Å². The fraction of sp³-hybridized carbons (Fsp3) is 0.438. The fourth-order valence-corrected chi connectivity index (χ4v) is 3.20. The van der Waals surface area contributed by atoms with Gasteiger partial charge in [0.2, 0.25) is 17.7 Å². The quantitative estimate of drug-likeness (QED) is 0.716. The molecule has 0 aromatic carbocycles. The summed E-state index contributed by atoms with van der Waals surface area (Å²) in [5.74, 6) is 0.760. The smallest absolute Gasteiger partial charge is 0.277 e. The van der Waals surface area contributed by atoms with Crippen LogP contribution in [0, 0.1) is 6.92 Å². The first kappa shape index (κ1) is 18.2. The predicted octanol–water partition coefficient (Wildman–Crippen LogP) is 1.17. The lowest BCUT2D eigenvalue weighted by atomic mass is 10.1. The zero-order valence-corrected chi connectivity index (χ0v) is 15.6. The molecule has 0 saturated heterocycles. The molecule has 1 aliphatic rings. The third kappa shape index (κ3) is 3.79. The average Bonchev–Trinajstić information content (AvgIpc) is 3.20. The van der Waals surface area contributed by atoms with Gasteiger partial charge in [-0.15, -0.1) is 10.2 Å². The van der Waals surface area contributed by atoms with Gasteiger partial charge in [0.25, 0.3) is 11.1 Å². The van der Waals surface area contributed by atoms with E-state index in [2.05, 4.69) is 20.5 Å². The highest BCUT2D eigenvalue weighted by atomic mass is 32.2. The molecule has 1 aliphatic heterocycles. The number of thioether (sulfide) groups is 1. The Kier molecular flexibility index (Phi) is 5.40. The number of hydrogen-bond acceptors (Lipinski definition) is 8. The maximum atomic E-state index is 12.3. The fourth-order valence-electron chi connectivity index (χ4n) is 2.57. The summed E-state index contributed by atoms with van der Waals surface area (Å²) in [5.41, 5.74) is 1.92. The van der Waals surface area contributed by atoms with Crippen molar-refractivity contribution in [1.29, 1.82) is 0 Å². The van der Waals surface area contributed by atoms with E-state index >= 15 is 0 Å². The van der Waals surface area contributed by atoms with E-state index in [4.69, 9.17) is 9.15 Å². The second-order valence-corrected chi connectivity index (χ2v) is 6.55. The number of pyridine rings is 1. The van der Waals surface area contributed by atoms with Gasteiger partial charge in [-0.3, -0.25) is 9.59 Å². The monoisotopic (exact) mass is 377 g/mol. The van der Waals surface area contributed by atoms with E-state index in [0.717, 1.165) is 11.8 Å². The Morgan fingerprint density at radius 3 is 2.92 bits per heavy atom. The van der Waals surface area contributed by atoms with Crippen molar-refractivity contribution in [2.24, 2.45) is 0 Å². The van der Waals surface area contributed by atoms with Crippen molar-refractivity contribution < 1.29 is 18.7 Å². The van der Waals surface area contributed by atoms with Crippen LogP contribution >= 0.6 is 11.8 Å². The molecule has 0 spiro atoms. The van der Waals surface area contributed by atoms with Gasteiger partial charge < -0.3 is 19.4 Å². The minimum atomic E-state index is -0.199. The topological polar surface area (TPSA) is 110 Å². The van der Waals surface area contributed by atoms with Crippen LogP contribution in [0.2, 0.25) is 0 Å². The first-order valence-corrected chi connectivity index (χ1v) is 9.06. The second kappa shape index (κ2) is 7.73. The molecular formula is C16H19N5O4S. The van der Waals surface area contributed by atoms with Gasteiger partial charge in [0.1, 0.15) is 0 Å². The molecule has 0 radical (unpaired) electrons. The average molecular weight is 377 g/mol. The summed E-state index contributed by atoms with van der Waals surface area (Å²) in [4.78, 5) is 30.5. The Morgan fingerprint density at radius 1 is 1.46 bits per heavy atom. The normalized spacial score (nSPS) is 13.0. The molecule has 2 aromatic heterocycles. The minimum Gasteiger partial charge on any atom is -0.481 e. The highest BCUT2D eigenvalue weighted by Gasteiger charge is 2.29. The Bertz CT molecular complexity index is 838. The van der Waals surface area contributed by atoms with E-state index in [9.17, 15) is 9.59 Å². The van der Waals surface area contributed by atoms with Crippen LogP contribution in [0.15, 0.2) is 15.7 Å². The Hall–Kier alpha value is -2.62. The number of nitrogens with zero attached hydrogens (tertiary/aromatic N) is 4. The van der Waals surface area contributed by atoms with E-state index in [1.165, 1.54) is 7.11 Å². The summed E-state index contributed by atoms with van der Waals surface area (Å²) in [7, 11) is 1.52. The molecule has 3 rings (SSSR count). The number of aryl methyl sites for hydroxylation is 1. The van der Waals surface area contributed by atoms with Crippen LogP contribution in [0.5, 0.6) is 5.88 Å². The minimum absolute atomic E-state index is 0.0486. The Labute approximate surface area is 154 Å². The molecule has 0 atom stereocenters. The number of hydrogen-bond donors (Lipinski definition) is 1. The van der Waals surface area contributed by atoms with Gasteiger partial charge in [-0.05, 0) is 13.0 Å². The van der Waals surface area contributed by atoms with Gasteiger partial charge >= 0.3 is 0 Å². The predicted molar refractivity (Wildman–Crippen MR) is 92.8 cm³/mol. The van der Waals surface area contributed by atoms with Crippen molar-refractivity contribution in [2.45, 2.75) is 32.2 Å². The second-order valence-electron chi connectivity index (χ2n) is 5.62. The van der Waals surface area contributed by atoms with Crippen molar-refractivity contribution in [2.75, 3.05) is 19.4 Å². The van der Waals surface area contributed by atoms with Crippen LogP contribution < -0.4 is 10.1 Å². The molecule has 2 amide bonds. The molecule has 3 heterocycles. The van der Waals surface area contributed by atoms with Crippen LogP contribution in [0.25, 0.3) is 0 Å². The number of amides is 2. The van der Waals surface area contributed by atoms with Crippen LogP contribution in [0.1, 0.15) is 34.4 Å². The van der Waals surface area contributed by atoms with Gasteiger partial charge in [-0.1, -0.05) is 11.8 Å². The van der Waals surface area contributed by atoms with Gasteiger partial charge in [-0.25, -0.2) is 4.98 Å². The van der Waals surface area contributed by atoms with E-state index in [1.807, 2.05) is 6.92 Å². The van der Waals surface area contributed by atoms with Crippen LogP contribution in [0.3, 0.4) is 0 Å². The van der Waals surface area contributed by atoms with Gasteiger partial charge in [-0.2, -0.15) is 0 Å². The third-order valence-electron chi connectivity index (χ3n) is 3.88. The molecule has 10 heteroatoms. The number of carbonyl (C=O) groups excluding carboxylic acids is 2. The lowest BCUT2D eigenvalue weighted by molar-refractivity contribution is -0.118. The molecule has 0 fully saturated rings. The highest BCUT2D eigenvalue weighted by Crippen LogP contribution is 2.27. The van der Waals surface area contributed by atoms with Crippen molar-refractivity contribution in [1.82, 2.24) is 25.4 Å². The molecule has 1 N–H and O–H groups in total. The summed E-state index contributed by atoms with van der Waals surface area (Å²) in [6.45, 7) is 4.92. The van der Waals surface area contributed by atoms with Crippen molar-refractivity contribution in [3.63, 3.8) is 0 Å².